The Balaban J connectivity index is 2.22. The van der Waals surface area contributed by atoms with Crippen molar-refractivity contribution in [2.45, 2.75) is 0 Å². The van der Waals surface area contributed by atoms with Crippen LogP contribution in [0.1, 0.15) is 5.56 Å². The Bertz CT molecular complexity index is 611. The molecule has 2 aromatic rings. The van der Waals surface area contributed by atoms with Crippen molar-refractivity contribution in [3.8, 4) is 5.88 Å². The second-order valence-corrected chi connectivity index (χ2v) is 4.72. The fourth-order valence-corrected chi connectivity index (χ4v) is 1.93. The monoisotopic (exact) mass is 263 g/mol. The summed E-state index contributed by atoms with van der Waals surface area (Å²) in [6.45, 7) is 0. The summed E-state index contributed by atoms with van der Waals surface area (Å²) in [5.74, 6) is -0.147. The van der Waals surface area contributed by atoms with E-state index >= 15 is 0 Å². The molecule has 0 saturated carbocycles. The van der Waals surface area contributed by atoms with Gasteiger partial charge in [0.15, 0.2) is 0 Å². The molecule has 0 atom stereocenters. The normalized spacial score (nSPS) is 11.0. The van der Waals surface area contributed by atoms with E-state index in [0.717, 1.165) is 27.3 Å². The van der Waals surface area contributed by atoms with Crippen LogP contribution in [0.2, 0.25) is 0 Å². The van der Waals surface area contributed by atoms with Crippen LogP contribution in [0.15, 0.2) is 39.5 Å². The van der Waals surface area contributed by atoms with Crippen molar-refractivity contribution < 1.29 is 5.11 Å². The highest BCUT2D eigenvalue weighted by molar-refractivity contribution is 7.07. The fourth-order valence-electron chi connectivity index (χ4n) is 1.39. The molecule has 0 unspecified atom stereocenters. The second kappa shape index (κ2) is 5.05. The molecule has 1 aromatic carbocycles. The molecule has 0 amide bonds. The smallest absolute Gasteiger partial charge is 0.330 e. The topological polar surface area (TPSA) is 57.8 Å². The first kappa shape index (κ1) is 12.4. The molecule has 2 rings (SSSR count). The Morgan fingerprint density at radius 2 is 2.00 bits per heavy atom. The van der Waals surface area contributed by atoms with Gasteiger partial charge in [0.1, 0.15) is 0 Å². The maximum Gasteiger partial charge on any atom is 0.330 e. The third-order valence-corrected chi connectivity index (χ3v) is 3.09. The van der Waals surface area contributed by atoms with E-state index in [1.54, 1.807) is 0 Å². The summed E-state index contributed by atoms with van der Waals surface area (Å²) in [6, 6.07) is 7.70. The Kier molecular flexibility index (Phi) is 3.47. The molecular formula is C12H13N3O2S. The number of hydrogen-bond acceptors (Lipinski definition) is 5. The Morgan fingerprint density at radius 1 is 1.33 bits per heavy atom. The van der Waals surface area contributed by atoms with Gasteiger partial charge in [-0.2, -0.15) is 9.78 Å². The van der Waals surface area contributed by atoms with E-state index in [1.165, 1.54) is 11.6 Å². The molecule has 5 nitrogen and oxygen atoms in total. The van der Waals surface area contributed by atoms with Gasteiger partial charge in [0, 0.05) is 19.8 Å². The van der Waals surface area contributed by atoms with Crippen LogP contribution in [0.4, 0.5) is 5.69 Å². The third-order valence-electron chi connectivity index (χ3n) is 2.39. The van der Waals surface area contributed by atoms with Crippen LogP contribution < -0.4 is 9.77 Å². The molecule has 0 radical (unpaired) electrons. The van der Waals surface area contributed by atoms with Crippen molar-refractivity contribution in [3.05, 3.63) is 44.9 Å². The lowest BCUT2D eigenvalue weighted by molar-refractivity contribution is 0.427. The van der Waals surface area contributed by atoms with Crippen LogP contribution >= 0.6 is 11.3 Å². The molecule has 1 aromatic heterocycles. The zero-order valence-electron chi connectivity index (χ0n) is 10.1. The van der Waals surface area contributed by atoms with Crippen molar-refractivity contribution in [2.24, 2.45) is 5.10 Å². The summed E-state index contributed by atoms with van der Waals surface area (Å²) in [7, 11) is 3.93. The van der Waals surface area contributed by atoms with Crippen LogP contribution in [0.25, 0.3) is 0 Å². The summed E-state index contributed by atoms with van der Waals surface area (Å²) < 4.78 is 0.963. The number of aromatic hydroxyl groups is 1. The highest BCUT2D eigenvalue weighted by Crippen LogP contribution is 2.12. The third kappa shape index (κ3) is 2.60. The fraction of sp³-hybridized carbons (Fsp3) is 0.167. The van der Waals surface area contributed by atoms with E-state index in [0.29, 0.717) is 0 Å². The van der Waals surface area contributed by atoms with Gasteiger partial charge < -0.3 is 10.0 Å². The molecule has 0 aliphatic heterocycles. The van der Waals surface area contributed by atoms with E-state index < -0.39 is 0 Å². The van der Waals surface area contributed by atoms with Gasteiger partial charge in [0.2, 0.25) is 5.88 Å². The van der Waals surface area contributed by atoms with Crippen LogP contribution in [-0.2, 0) is 0 Å². The molecule has 0 bridgehead atoms. The highest BCUT2D eigenvalue weighted by Gasteiger charge is 2.01. The van der Waals surface area contributed by atoms with Crippen molar-refractivity contribution in [1.29, 1.82) is 0 Å². The minimum absolute atomic E-state index is 0.147. The van der Waals surface area contributed by atoms with Gasteiger partial charge in [-0.1, -0.05) is 23.5 Å². The first-order valence-corrected chi connectivity index (χ1v) is 6.17. The standard InChI is InChI=1S/C12H13N3O2S/c1-14(2)10-5-3-9(4-6-10)7-13-15-11(16)8-18-12(15)17/h3-8,16H,1-2H3. The first-order valence-electron chi connectivity index (χ1n) is 5.29. The van der Waals surface area contributed by atoms with E-state index in [2.05, 4.69) is 5.10 Å². The van der Waals surface area contributed by atoms with Crippen LogP contribution in [0, 0.1) is 0 Å². The zero-order valence-corrected chi connectivity index (χ0v) is 10.9. The molecule has 6 heteroatoms. The average Bonchev–Trinajstić information content (AvgIpc) is 2.67. The van der Waals surface area contributed by atoms with E-state index in [9.17, 15) is 9.90 Å². The number of aromatic nitrogens is 1. The molecule has 0 fully saturated rings. The number of benzene rings is 1. The predicted octanol–water partition coefficient (Wildman–Crippen LogP) is 1.56. The highest BCUT2D eigenvalue weighted by atomic mass is 32.1. The molecule has 1 heterocycles. The molecular weight excluding hydrogens is 250 g/mol. The van der Waals surface area contributed by atoms with E-state index in [-0.39, 0.29) is 10.8 Å². The SMILES string of the molecule is CN(C)c1ccc(C=Nn2c(O)csc2=O)cc1. The van der Waals surface area contributed by atoms with Crippen molar-refractivity contribution >= 4 is 23.2 Å². The van der Waals surface area contributed by atoms with Crippen LogP contribution in [0.5, 0.6) is 5.88 Å². The molecule has 94 valence electrons. The lowest BCUT2D eigenvalue weighted by atomic mass is 10.2. The number of nitrogens with zero attached hydrogens (tertiary/aromatic N) is 3. The predicted molar refractivity (Wildman–Crippen MR) is 74.0 cm³/mol. The Labute approximate surface area is 108 Å². The molecule has 0 aliphatic rings. The summed E-state index contributed by atoms with van der Waals surface area (Å²) >= 11 is 0.910. The van der Waals surface area contributed by atoms with Gasteiger partial charge >= 0.3 is 4.87 Å². The van der Waals surface area contributed by atoms with Gasteiger partial charge in [0.25, 0.3) is 0 Å². The van der Waals surface area contributed by atoms with Gasteiger partial charge in [0.05, 0.1) is 11.6 Å². The maximum absolute atomic E-state index is 11.3. The first-order chi connectivity index (χ1) is 8.58. The van der Waals surface area contributed by atoms with Crippen molar-refractivity contribution in [3.63, 3.8) is 0 Å². The van der Waals surface area contributed by atoms with Crippen LogP contribution in [0.3, 0.4) is 0 Å². The second-order valence-electron chi connectivity index (χ2n) is 3.90. The average molecular weight is 263 g/mol. The quantitative estimate of drug-likeness (QED) is 0.855. The molecule has 0 aliphatic carbocycles. The Morgan fingerprint density at radius 3 is 2.50 bits per heavy atom. The van der Waals surface area contributed by atoms with Gasteiger partial charge in [-0.25, -0.2) is 0 Å². The summed E-state index contributed by atoms with van der Waals surface area (Å²) in [6.07, 6.45) is 1.54. The number of anilines is 1. The number of rotatable bonds is 3. The van der Waals surface area contributed by atoms with Crippen LogP contribution in [-0.4, -0.2) is 30.1 Å². The van der Waals surface area contributed by atoms with Crippen molar-refractivity contribution in [1.82, 2.24) is 4.68 Å². The Hall–Kier alpha value is -2.08. The van der Waals surface area contributed by atoms with E-state index in [4.69, 9.17) is 0 Å². The zero-order chi connectivity index (χ0) is 13.1. The molecule has 0 spiro atoms. The van der Waals surface area contributed by atoms with E-state index in [1.807, 2.05) is 43.3 Å². The van der Waals surface area contributed by atoms with Gasteiger partial charge in [-0.15, -0.1) is 0 Å². The molecule has 18 heavy (non-hydrogen) atoms. The largest absolute Gasteiger partial charge is 0.493 e. The minimum Gasteiger partial charge on any atom is -0.493 e. The molecule has 1 N–H and O–H groups in total. The minimum atomic E-state index is -0.311. The molecule has 0 saturated heterocycles. The number of hydrogen-bond donors (Lipinski definition) is 1. The van der Waals surface area contributed by atoms with Gasteiger partial charge in [-0.05, 0) is 17.7 Å². The number of thiazole rings is 1. The summed E-state index contributed by atoms with van der Waals surface area (Å²) in [5.41, 5.74) is 1.95. The van der Waals surface area contributed by atoms with Gasteiger partial charge in [-0.3, -0.25) is 4.79 Å². The summed E-state index contributed by atoms with van der Waals surface area (Å²) in [5, 5.41) is 14.7. The lowest BCUT2D eigenvalue weighted by Gasteiger charge is -2.11. The van der Waals surface area contributed by atoms with Crippen molar-refractivity contribution in [2.75, 3.05) is 19.0 Å². The summed E-state index contributed by atoms with van der Waals surface area (Å²) in [4.78, 5) is 13.0. The maximum atomic E-state index is 11.3. The lowest BCUT2D eigenvalue weighted by Crippen LogP contribution is -2.08.